The molecular weight excluding hydrogens is 244 g/mol. The summed E-state index contributed by atoms with van der Waals surface area (Å²) >= 11 is 2.99. The van der Waals surface area contributed by atoms with E-state index in [-0.39, 0.29) is 12.1 Å². The lowest BCUT2D eigenvalue weighted by atomic mass is 10.1. The molecule has 3 N–H and O–H groups in total. The Morgan fingerprint density at radius 2 is 2.15 bits per heavy atom. The van der Waals surface area contributed by atoms with Gasteiger partial charge in [0.1, 0.15) is 6.17 Å². The number of aromatic hydroxyl groups is 1. The third kappa shape index (κ3) is 2.16. The number of nitrogens with two attached hydrogens (primary N) is 1. The molecule has 0 bridgehead atoms. The zero-order chi connectivity index (χ0) is 10.0. The molecule has 0 saturated carbocycles. The van der Waals surface area contributed by atoms with Crippen molar-refractivity contribution < 1.29 is 13.9 Å². The number of hydrogen-bond donors (Lipinski definition) is 2. The molecule has 0 heterocycles. The highest BCUT2D eigenvalue weighted by Gasteiger charge is 2.16. The normalized spacial score (nSPS) is 12.9. The van der Waals surface area contributed by atoms with Crippen LogP contribution in [0.3, 0.4) is 0 Å². The molecule has 72 valence electrons. The van der Waals surface area contributed by atoms with Gasteiger partial charge in [0, 0.05) is 16.6 Å². The Morgan fingerprint density at radius 3 is 2.69 bits per heavy atom. The van der Waals surface area contributed by atoms with E-state index in [1.54, 1.807) is 0 Å². The van der Waals surface area contributed by atoms with Crippen molar-refractivity contribution in [1.29, 1.82) is 0 Å². The first-order chi connectivity index (χ1) is 6.06. The Kier molecular flexibility index (Phi) is 3.22. The smallest absolute Gasteiger partial charge is 0.166 e. The van der Waals surface area contributed by atoms with Crippen LogP contribution >= 0.6 is 15.9 Å². The molecule has 1 aromatic carbocycles. The van der Waals surface area contributed by atoms with Crippen LogP contribution in [0.4, 0.5) is 8.78 Å². The maximum absolute atomic E-state index is 13.0. The minimum absolute atomic E-state index is 0.130. The highest BCUT2D eigenvalue weighted by atomic mass is 79.9. The minimum atomic E-state index is -1.55. The lowest BCUT2D eigenvalue weighted by Gasteiger charge is -2.09. The van der Waals surface area contributed by atoms with Crippen molar-refractivity contribution in [2.24, 2.45) is 5.73 Å². The second-order valence-electron chi connectivity index (χ2n) is 2.53. The van der Waals surface area contributed by atoms with E-state index in [2.05, 4.69) is 15.9 Å². The van der Waals surface area contributed by atoms with Gasteiger partial charge in [0.2, 0.25) is 0 Å². The van der Waals surface area contributed by atoms with Crippen molar-refractivity contribution in [2.45, 2.75) is 6.17 Å². The van der Waals surface area contributed by atoms with E-state index in [0.29, 0.717) is 4.47 Å². The van der Waals surface area contributed by atoms with E-state index in [4.69, 9.17) is 10.8 Å². The van der Waals surface area contributed by atoms with Gasteiger partial charge < -0.3 is 10.8 Å². The van der Waals surface area contributed by atoms with Crippen molar-refractivity contribution >= 4 is 15.9 Å². The summed E-state index contributed by atoms with van der Waals surface area (Å²) in [5.74, 6) is -1.54. The first-order valence-electron chi connectivity index (χ1n) is 3.58. The highest BCUT2D eigenvalue weighted by molar-refractivity contribution is 9.10. The van der Waals surface area contributed by atoms with Gasteiger partial charge in [-0.2, -0.15) is 0 Å². The molecule has 0 aliphatic carbocycles. The molecule has 0 saturated heterocycles. The third-order valence-electron chi connectivity index (χ3n) is 1.60. The highest BCUT2D eigenvalue weighted by Crippen LogP contribution is 2.31. The van der Waals surface area contributed by atoms with Crippen LogP contribution in [0, 0.1) is 5.82 Å². The summed E-state index contributed by atoms with van der Waals surface area (Å²) in [5.41, 5.74) is 4.92. The van der Waals surface area contributed by atoms with Crippen LogP contribution in [-0.2, 0) is 0 Å². The van der Waals surface area contributed by atoms with E-state index in [1.165, 1.54) is 6.07 Å². The van der Waals surface area contributed by atoms with Gasteiger partial charge in [-0.25, -0.2) is 8.78 Å². The predicted octanol–water partition coefficient (Wildman–Crippen LogP) is 2.26. The number of phenols is 1. The largest absolute Gasteiger partial charge is 0.505 e. The summed E-state index contributed by atoms with van der Waals surface area (Å²) < 4.78 is 26.2. The molecule has 13 heavy (non-hydrogen) atoms. The Hall–Kier alpha value is -0.680. The lowest BCUT2D eigenvalue weighted by molar-refractivity contribution is 0.331. The molecule has 0 spiro atoms. The van der Waals surface area contributed by atoms with Crippen LogP contribution in [-0.4, -0.2) is 11.7 Å². The van der Waals surface area contributed by atoms with Crippen molar-refractivity contribution in [3.63, 3.8) is 0 Å². The van der Waals surface area contributed by atoms with Gasteiger partial charge in [0.25, 0.3) is 0 Å². The molecule has 0 aliphatic rings. The molecule has 1 unspecified atom stereocenters. The van der Waals surface area contributed by atoms with Gasteiger partial charge in [-0.15, -0.1) is 0 Å². The summed E-state index contributed by atoms with van der Waals surface area (Å²) in [5, 5.41) is 9.13. The number of halogens is 3. The van der Waals surface area contributed by atoms with Crippen molar-refractivity contribution in [2.75, 3.05) is 6.54 Å². The first kappa shape index (κ1) is 10.4. The Labute approximate surface area is 82.5 Å². The molecule has 2 nitrogen and oxygen atoms in total. The second-order valence-corrected chi connectivity index (χ2v) is 3.44. The maximum Gasteiger partial charge on any atom is 0.166 e. The fraction of sp³-hybridized carbons (Fsp3) is 0.250. The molecule has 0 aromatic heterocycles. The zero-order valence-electron chi connectivity index (χ0n) is 6.60. The lowest BCUT2D eigenvalue weighted by Crippen LogP contribution is -2.08. The predicted molar refractivity (Wildman–Crippen MR) is 48.7 cm³/mol. The summed E-state index contributed by atoms with van der Waals surface area (Å²) in [6.07, 6.45) is -1.55. The second kappa shape index (κ2) is 4.02. The average molecular weight is 252 g/mol. The number of phenolic OH excluding ortho intramolecular Hbond substituents is 1. The summed E-state index contributed by atoms with van der Waals surface area (Å²) in [7, 11) is 0. The van der Waals surface area contributed by atoms with Crippen LogP contribution in [0.5, 0.6) is 5.75 Å². The SMILES string of the molecule is NCC(F)c1cc(Br)cc(F)c1O. The van der Waals surface area contributed by atoms with Gasteiger partial charge in [-0.1, -0.05) is 15.9 Å². The third-order valence-corrected chi connectivity index (χ3v) is 2.06. The van der Waals surface area contributed by atoms with E-state index < -0.39 is 17.7 Å². The minimum Gasteiger partial charge on any atom is -0.505 e. The summed E-state index contributed by atoms with van der Waals surface area (Å²) in [6.45, 7) is -0.288. The number of rotatable bonds is 2. The van der Waals surface area contributed by atoms with Gasteiger partial charge in [-0.05, 0) is 12.1 Å². The van der Waals surface area contributed by atoms with Crippen molar-refractivity contribution in [3.8, 4) is 5.75 Å². The van der Waals surface area contributed by atoms with Gasteiger partial charge in [-0.3, -0.25) is 0 Å². The number of benzene rings is 1. The molecule has 0 radical (unpaired) electrons. The molecule has 5 heteroatoms. The Bertz CT molecular complexity index is 319. The van der Waals surface area contributed by atoms with Crippen LogP contribution in [0.15, 0.2) is 16.6 Å². The molecule has 0 fully saturated rings. The quantitative estimate of drug-likeness (QED) is 0.847. The van der Waals surface area contributed by atoms with Crippen LogP contribution in [0.1, 0.15) is 11.7 Å². The Morgan fingerprint density at radius 1 is 1.54 bits per heavy atom. The first-order valence-corrected chi connectivity index (χ1v) is 4.37. The molecule has 1 aromatic rings. The summed E-state index contributed by atoms with van der Waals surface area (Å²) in [6, 6.07) is 2.36. The van der Waals surface area contributed by atoms with Gasteiger partial charge in [0.05, 0.1) is 0 Å². The number of hydrogen-bond acceptors (Lipinski definition) is 2. The van der Waals surface area contributed by atoms with Gasteiger partial charge in [0.15, 0.2) is 11.6 Å². The fourth-order valence-corrected chi connectivity index (χ4v) is 1.40. The standard InChI is InChI=1S/C8H8BrF2NO/c9-4-1-5(7(11)3-12)8(13)6(10)2-4/h1-2,7,13H,3,12H2. The molecule has 1 atom stereocenters. The van der Waals surface area contributed by atoms with Crippen LogP contribution < -0.4 is 5.73 Å². The van der Waals surface area contributed by atoms with E-state index >= 15 is 0 Å². The number of alkyl halides is 1. The van der Waals surface area contributed by atoms with Gasteiger partial charge >= 0.3 is 0 Å². The van der Waals surface area contributed by atoms with E-state index in [1.807, 2.05) is 0 Å². The van der Waals surface area contributed by atoms with Crippen molar-refractivity contribution in [3.05, 3.63) is 28.0 Å². The molecule has 1 rings (SSSR count). The summed E-state index contributed by atoms with van der Waals surface area (Å²) in [4.78, 5) is 0. The van der Waals surface area contributed by atoms with Crippen LogP contribution in [0.2, 0.25) is 0 Å². The Balaban J connectivity index is 3.20. The average Bonchev–Trinajstić information content (AvgIpc) is 2.10. The van der Waals surface area contributed by atoms with Crippen LogP contribution in [0.25, 0.3) is 0 Å². The molecule has 0 amide bonds. The zero-order valence-corrected chi connectivity index (χ0v) is 8.18. The maximum atomic E-state index is 13.0. The fourth-order valence-electron chi connectivity index (χ4n) is 0.952. The van der Waals surface area contributed by atoms with E-state index in [0.717, 1.165) is 6.07 Å². The van der Waals surface area contributed by atoms with E-state index in [9.17, 15) is 8.78 Å². The monoisotopic (exact) mass is 251 g/mol. The van der Waals surface area contributed by atoms with Crippen molar-refractivity contribution in [1.82, 2.24) is 0 Å². The molecular formula is C8H8BrF2NO. The molecule has 0 aliphatic heterocycles. The topological polar surface area (TPSA) is 46.2 Å².